The Morgan fingerprint density at radius 1 is 1.28 bits per heavy atom. The van der Waals surface area contributed by atoms with Crippen molar-refractivity contribution in [2.75, 3.05) is 11.9 Å². The Morgan fingerprint density at radius 2 is 2.06 bits per heavy atom. The first-order valence-corrected chi connectivity index (χ1v) is 6.96. The molecule has 18 heavy (non-hydrogen) atoms. The van der Waals surface area contributed by atoms with Crippen molar-refractivity contribution in [2.45, 2.75) is 52.1 Å². The third-order valence-corrected chi connectivity index (χ3v) is 3.30. The molecule has 0 spiro atoms. The first kappa shape index (κ1) is 13.1. The van der Waals surface area contributed by atoms with Gasteiger partial charge in [0, 0.05) is 12.6 Å². The standard InChI is InChI=1S/C14H23N3O/c1-11(2)18-14-8-13(16-10-17-14)15-9-12-6-4-3-5-7-12/h8,10-12H,3-7,9H2,1-2H3,(H,15,16,17). The maximum atomic E-state index is 5.56. The molecule has 0 bridgehead atoms. The van der Waals surface area contributed by atoms with Gasteiger partial charge >= 0.3 is 0 Å². The van der Waals surface area contributed by atoms with Gasteiger partial charge in [-0.3, -0.25) is 0 Å². The van der Waals surface area contributed by atoms with Crippen LogP contribution in [0.5, 0.6) is 5.88 Å². The molecule has 4 nitrogen and oxygen atoms in total. The summed E-state index contributed by atoms with van der Waals surface area (Å²) in [4.78, 5) is 8.33. The van der Waals surface area contributed by atoms with Crippen molar-refractivity contribution in [3.8, 4) is 5.88 Å². The summed E-state index contributed by atoms with van der Waals surface area (Å²) in [5.74, 6) is 2.31. The highest BCUT2D eigenvalue weighted by atomic mass is 16.5. The maximum absolute atomic E-state index is 5.56. The average Bonchev–Trinajstić information content (AvgIpc) is 2.37. The third-order valence-electron chi connectivity index (χ3n) is 3.30. The van der Waals surface area contributed by atoms with E-state index in [9.17, 15) is 0 Å². The smallest absolute Gasteiger partial charge is 0.218 e. The molecule has 4 heteroatoms. The minimum atomic E-state index is 0.145. The molecule has 1 saturated carbocycles. The predicted octanol–water partition coefficient (Wildman–Crippen LogP) is 3.26. The van der Waals surface area contributed by atoms with Crippen LogP contribution in [0.3, 0.4) is 0 Å². The van der Waals surface area contributed by atoms with Gasteiger partial charge in [-0.15, -0.1) is 0 Å². The van der Waals surface area contributed by atoms with E-state index >= 15 is 0 Å². The lowest BCUT2D eigenvalue weighted by Gasteiger charge is -2.22. The van der Waals surface area contributed by atoms with Gasteiger partial charge in [-0.05, 0) is 32.6 Å². The van der Waals surface area contributed by atoms with Gasteiger partial charge in [-0.25, -0.2) is 9.97 Å². The first-order chi connectivity index (χ1) is 8.74. The summed E-state index contributed by atoms with van der Waals surface area (Å²) in [7, 11) is 0. The highest BCUT2D eigenvalue weighted by Crippen LogP contribution is 2.24. The van der Waals surface area contributed by atoms with Gasteiger partial charge in [-0.2, -0.15) is 0 Å². The molecule has 1 aromatic rings. The van der Waals surface area contributed by atoms with Crippen LogP contribution in [0.4, 0.5) is 5.82 Å². The van der Waals surface area contributed by atoms with Gasteiger partial charge in [-0.1, -0.05) is 19.3 Å². The first-order valence-electron chi connectivity index (χ1n) is 6.96. The molecule has 1 aliphatic rings. The minimum absolute atomic E-state index is 0.145. The second-order valence-electron chi connectivity index (χ2n) is 5.29. The highest BCUT2D eigenvalue weighted by molar-refractivity contribution is 5.37. The van der Waals surface area contributed by atoms with Gasteiger partial charge < -0.3 is 10.1 Å². The van der Waals surface area contributed by atoms with Crippen molar-refractivity contribution in [1.29, 1.82) is 0 Å². The molecule has 0 unspecified atom stereocenters. The van der Waals surface area contributed by atoms with Gasteiger partial charge in [0.05, 0.1) is 6.10 Å². The van der Waals surface area contributed by atoms with Gasteiger partial charge in [0.15, 0.2) is 0 Å². The summed E-state index contributed by atoms with van der Waals surface area (Å²) >= 11 is 0. The van der Waals surface area contributed by atoms with E-state index in [0.717, 1.165) is 18.3 Å². The number of rotatable bonds is 5. The summed E-state index contributed by atoms with van der Waals surface area (Å²) in [5.41, 5.74) is 0. The molecule has 100 valence electrons. The van der Waals surface area contributed by atoms with E-state index in [2.05, 4.69) is 15.3 Å². The molecular weight excluding hydrogens is 226 g/mol. The Kier molecular flexibility index (Phi) is 4.79. The van der Waals surface area contributed by atoms with E-state index in [-0.39, 0.29) is 6.10 Å². The van der Waals surface area contributed by atoms with Crippen LogP contribution in [0.2, 0.25) is 0 Å². The molecule has 2 rings (SSSR count). The molecule has 0 amide bonds. The lowest BCUT2D eigenvalue weighted by Crippen LogP contribution is -2.17. The van der Waals surface area contributed by atoms with E-state index in [1.54, 1.807) is 6.33 Å². The van der Waals surface area contributed by atoms with E-state index in [1.165, 1.54) is 32.1 Å². The summed E-state index contributed by atoms with van der Waals surface area (Å²) in [5, 5.41) is 3.40. The van der Waals surface area contributed by atoms with Crippen LogP contribution in [0.1, 0.15) is 46.0 Å². The lowest BCUT2D eigenvalue weighted by atomic mass is 9.89. The average molecular weight is 249 g/mol. The summed E-state index contributed by atoms with van der Waals surface area (Å²) in [6, 6.07) is 1.88. The normalized spacial score (nSPS) is 16.8. The van der Waals surface area contributed by atoms with Crippen molar-refractivity contribution in [2.24, 2.45) is 5.92 Å². The largest absolute Gasteiger partial charge is 0.475 e. The number of aromatic nitrogens is 2. The maximum Gasteiger partial charge on any atom is 0.218 e. The van der Waals surface area contributed by atoms with Crippen LogP contribution in [-0.2, 0) is 0 Å². The molecule has 1 aromatic heterocycles. The molecule has 0 radical (unpaired) electrons. The zero-order valence-corrected chi connectivity index (χ0v) is 11.4. The van der Waals surface area contributed by atoms with Crippen LogP contribution in [0.25, 0.3) is 0 Å². The number of ether oxygens (including phenoxy) is 1. The number of anilines is 1. The van der Waals surface area contributed by atoms with Crippen LogP contribution in [0.15, 0.2) is 12.4 Å². The molecular formula is C14H23N3O. The Labute approximate surface area is 109 Å². The zero-order valence-electron chi connectivity index (χ0n) is 11.4. The van der Waals surface area contributed by atoms with Crippen molar-refractivity contribution in [3.05, 3.63) is 12.4 Å². The third kappa shape index (κ3) is 4.17. The number of nitrogens with one attached hydrogen (secondary N) is 1. The monoisotopic (exact) mass is 249 g/mol. The molecule has 0 atom stereocenters. The minimum Gasteiger partial charge on any atom is -0.475 e. The molecule has 1 heterocycles. The lowest BCUT2D eigenvalue weighted by molar-refractivity contribution is 0.232. The topological polar surface area (TPSA) is 47.0 Å². The highest BCUT2D eigenvalue weighted by Gasteiger charge is 2.13. The van der Waals surface area contributed by atoms with Crippen LogP contribution in [0, 0.1) is 5.92 Å². The Hall–Kier alpha value is -1.32. The van der Waals surface area contributed by atoms with Gasteiger partial charge in [0.2, 0.25) is 5.88 Å². The second-order valence-corrected chi connectivity index (χ2v) is 5.29. The molecule has 0 aliphatic heterocycles. The van der Waals surface area contributed by atoms with Crippen molar-refractivity contribution >= 4 is 5.82 Å². The van der Waals surface area contributed by atoms with E-state index in [0.29, 0.717) is 5.88 Å². The van der Waals surface area contributed by atoms with E-state index < -0.39 is 0 Å². The zero-order chi connectivity index (χ0) is 12.8. The van der Waals surface area contributed by atoms with Crippen molar-refractivity contribution in [3.63, 3.8) is 0 Å². The number of hydrogen-bond acceptors (Lipinski definition) is 4. The Morgan fingerprint density at radius 3 is 2.78 bits per heavy atom. The fourth-order valence-electron chi connectivity index (χ4n) is 2.38. The fourth-order valence-corrected chi connectivity index (χ4v) is 2.38. The number of hydrogen-bond donors (Lipinski definition) is 1. The summed E-state index contributed by atoms with van der Waals surface area (Å²) in [6.45, 7) is 5.01. The molecule has 1 fully saturated rings. The molecule has 1 aliphatic carbocycles. The van der Waals surface area contributed by atoms with E-state index in [4.69, 9.17) is 4.74 Å². The second kappa shape index (κ2) is 6.57. The van der Waals surface area contributed by atoms with Crippen LogP contribution in [-0.4, -0.2) is 22.6 Å². The Bertz CT molecular complexity index is 362. The molecule has 1 N–H and O–H groups in total. The van der Waals surface area contributed by atoms with Crippen LogP contribution >= 0.6 is 0 Å². The summed E-state index contributed by atoms with van der Waals surface area (Å²) < 4.78 is 5.56. The van der Waals surface area contributed by atoms with Gasteiger partial charge in [0.1, 0.15) is 12.1 Å². The quantitative estimate of drug-likeness (QED) is 0.870. The number of nitrogens with zero attached hydrogens (tertiary/aromatic N) is 2. The molecule has 0 aromatic carbocycles. The predicted molar refractivity (Wildman–Crippen MR) is 72.9 cm³/mol. The molecule has 0 saturated heterocycles. The van der Waals surface area contributed by atoms with Gasteiger partial charge in [0.25, 0.3) is 0 Å². The van der Waals surface area contributed by atoms with E-state index in [1.807, 2.05) is 19.9 Å². The summed E-state index contributed by atoms with van der Waals surface area (Å²) in [6.07, 6.45) is 8.53. The SMILES string of the molecule is CC(C)Oc1cc(NCC2CCCCC2)ncn1. The van der Waals surface area contributed by atoms with Crippen LogP contribution < -0.4 is 10.1 Å². The Balaban J connectivity index is 1.84. The fraction of sp³-hybridized carbons (Fsp3) is 0.714. The van der Waals surface area contributed by atoms with Crippen molar-refractivity contribution in [1.82, 2.24) is 9.97 Å². The van der Waals surface area contributed by atoms with Crippen molar-refractivity contribution < 1.29 is 4.74 Å².